The van der Waals surface area contributed by atoms with Crippen LogP contribution in [0.5, 0.6) is 0 Å². The predicted molar refractivity (Wildman–Crippen MR) is 110 cm³/mol. The number of hydrogen-bond donors (Lipinski definition) is 1. The molecule has 1 aliphatic carbocycles. The van der Waals surface area contributed by atoms with Gasteiger partial charge in [-0.25, -0.2) is 4.79 Å². The zero-order chi connectivity index (χ0) is 20.5. The molecule has 6 nitrogen and oxygen atoms in total. The Kier molecular flexibility index (Phi) is 8.83. The van der Waals surface area contributed by atoms with E-state index < -0.39 is 12.1 Å². The van der Waals surface area contributed by atoms with Gasteiger partial charge in [0.05, 0.1) is 11.3 Å². The molecule has 2 amide bonds. The standard InChI is InChI=1S/C21H30N2O4S/c1-15(20(25)22-16-10-6-4-5-7-11-16)27-21(26)17-12-8-9-13-18(17)28-14-19(24)23(2)3/h8-9,12-13,15-16H,4-7,10-11,14H2,1-3H3,(H,22,25)/t15-/m0/s1. The van der Waals surface area contributed by atoms with E-state index in [1.165, 1.54) is 29.5 Å². The second kappa shape index (κ2) is 11.1. The number of rotatable bonds is 7. The lowest BCUT2D eigenvalue weighted by molar-refractivity contribution is -0.130. The van der Waals surface area contributed by atoms with E-state index in [1.807, 2.05) is 0 Å². The largest absolute Gasteiger partial charge is 0.449 e. The van der Waals surface area contributed by atoms with E-state index in [-0.39, 0.29) is 23.6 Å². The summed E-state index contributed by atoms with van der Waals surface area (Å²) < 4.78 is 5.41. The van der Waals surface area contributed by atoms with Crippen molar-refractivity contribution in [3.63, 3.8) is 0 Å². The Bertz CT molecular complexity index is 685. The van der Waals surface area contributed by atoms with Crippen LogP contribution in [-0.4, -0.2) is 54.7 Å². The first-order chi connectivity index (χ1) is 13.4. The molecule has 154 valence electrons. The molecule has 7 heteroatoms. The van der Waals surface area contributed by atoms with Crippen LogP contribution < -0.4 is 5.32 Å². The molecule has 0 heterocycles. The zero-order valence-electron chi connectivity index (χ0n) is 16.9. The minimum Gasteiger partial charge on any atom is -0.449 e. The van der Waals surface area contributed by atoms with Crippen LogP contribution in [0, 0.1) is 0 Å². The van der Waals surface area contributed by atoms with Crippen molar-refractivity contribution < 1.29 is 19.1 Å². The van der Waals surface area contributed by atoms with Crippen LogP contribution in [-0.2, 0) is 14.3 Å². The Morgan fingerprint density at radius 2 is 1.79 bits per heavy atom. The molecule has 1 aromatic rings. The van der Waals surface area contributed by atoms with Gasteiger partial charge in [-0.2, -0.15) is 0 Å². The quantitative estimate of drug-likeness (QED) is 0.427. The van der Waals surface area contributed by atoms with Crippen molar-refractivity contribution in [1.29, 1.82) is 0 Å². The van der Waals surface area contributed by atoms with E-state index in [0.717, 1.165) is 25.7 Å². The zero-order valence-corrected chi connectivity index (χ0v) is 17.7. The molecule has 28 heavy (non-hydrogen) atoms. The van der Waals surface area contributed by atoms with Gasteiger partial charge in [0.2, 0.25) is 5.91 Å². The van der Waals surface area contributed by atoms with Crippen molar-refractivity contribution in [2.24, 2.45) is 0 Å². The van der Waals surface area contributed by atoms with Crippen molar-refractivity contribution in [3.8, 4) is 0 Å². The summed E-state index contributed by atoms with van der Waals surface area (Å²) in [6.45, 7) is 1.59. The minimum absolute atomic E-state index is 0.0377. The molecule has 1 N–H and O–H groups in total. The molecule has 2 rings (SSSR count). The fraction of sp³-hybridized carbons (Fsp3) is 0.571. The van der Waals surface area contributed by atoms with Gasteiger partial charge in [0.25, 0.3) is 5.91 Å². The van der Waals surface area contributed by atoms with Crippen LogP contribution in [0.1, 0.15) is 55.8 Å². The van der Waals surface area contributed by atoms with Crippen molar-refractivity contribution in [3.05, 3.63) is 29.8 Å². The number of carbonyl (C=O) groups is 3. The molecular formula is C21H30N2O4S. The fourth-order valence-corrected chi connectivity index (χ4v) is 4.07. The third-order valence-electron chi connectivity index (χ3n) is 4.81. The molecule has 0 bridgehead atoms. The number of nitrogens with one attached hydrogen (secondary N) is 1. The van der Waals surface area contributed by atoms with Gasteiger partial charge in [-0.3, -0.25) is 9.59 Å². The topological polar surface area (TPSA) is 75.7 Å². The van der Waals surface area contributed by atoms with E-state index in [9.17, 15) is 14.4 Å². The van der Waals surface area contributed by atoms with Gasteiger partial charge >= 0.3 is 5.97 Å². The molecule has 0 aliphatic heterocycles. The highest BCUT2D eigenvalue weighted by Gasteiger charge is 2.23. The highest BCUT2D eigenvalue weighted by Crippen LogP contribution is 2.24. The Hall–Kier alpha value is -2.02. The monoisotopic (exact) mass is 406 g/mol. The number of benzene rings is 1. The third-order valence-corrected chi connectivity index (χ3v) is 5.87. The molecule has 0 aromatic heterocycles. The van der Waals surface area contributed by atoms with Crippen LogP contribution in [0.3, 0.4) is 0 Å². The first-order valence-electron chi connectivity index (χ1n) is 9.82. The molecule has 1 atom stereocenters. The van der Waals surface area contributed by atoms with E-state index in [1.54, 1.807) is 45.3 Å². The number of nitrogens with zero attached hydrogens (tertiary/aromatic N) is 1. The number of thioether (sulfide) groups is 1. The number of carbonyl (C=O) groups excluding carboxylic acids is 3. The molecule has 0 radical (unpaired) electrons. The average molecular weight is 407 g/mol. The van der Waals surface area contributed by atoms with Gasteiger partial charge in [-0.15, -0.1) is 11.8 Å². The van der Waals surface area contributed by atoms with Gasteiger partial charge in [-0.1, -0.05) is 37.8 Å². The van der Waals surface area contributed by atoms with Crippen molar-refractivity contribution >= 4 is 29.5 Å². The molecule has 1 aromatic carbocycles. The molecular weight excluding hydrogens is 376 g/mol. The van der Waals surface area contributed by atoms with Crippen LogP contribution in [0.2, 0.25) is 0 Å². The minimum atomic E-state index is -0.864. The maximum Gasteiger partial charge on any atom is 0.340 e. The molecule has 0 spiro atoms. The lowest BCUT2D eigenvalue weighted by atomic mass is 10.1. The SMILES string of the molecule is C[C@H](OC(=O)c1ccccc1SCC(=O)N(C)C)C(=O)NC1CCCCCC1. The smallest absolute Gasteiger partial charge is 0.340 e. The normalized spacial score (nSPS) is 16.0. The maximum atomic E-state index is 12.6. The maximum absolute atomic E-state index is 12.6. The summed E-state index contributed by atoms with van der Waals surface area (Å²) in [5, 5.41) is 3.01. The van der Waals surface area contributed by atoms with Crippen molar-refractivity contribution in [2.45, 2.75) is 62.5 Å². The number of esters is 1. The van der Waals surface area contributed by atoms with Gasteiger partial charge < -0.3 is 15.0 Å². The van der Waals surface area contributed by atoms with Gasteiger partial charge in [0.15, 0.2) is 6.10 Å². The first kappa shape index (κ1) is 22.3. The van der Waals surface area contributed by atoms with Crippen LogP contribution in [0.25, 0.3) is 0 Å². The third kappa shape index (κ3) is 6.86. The van der Waals surface area contributed by atoms with Gasteiger partial charge in [0, 0.05) is 25.0 Å². The van der Waals surface area contributed by atoms with E-state index >= 15 is 0 Å². The van der Waals surface area contributed by atoms with Crippen LogP contribution in [0.4, 0.5) is 0 Å². The lowest BCUT2D eigenvalue weighted by Crippen LogP contribution is -2.41. The highest BCUT2D eigenvalue weighted by molar-refractivity contribution is 8.00. The summed E-state index contributed by atoms with van der Waals surface area (Å²) in [5.41, 5.74) is 0.369. The molecule has 0 unspecified atom stereocenters. The second-order valence-corrected chi connectivity index (χ2v) is 8.33. The number of hydrogen-bond acceptors (Lipinski definition) is 5. The highest BCUT2D eigenvalue weighted by atomic mass is 32.2. The first-order valence-corrected chi connectivity index (χ1v) is 10.8. The fourth-order valence-electron chi connectivity index (χ4n) is 3.05. The number of ether oxygens (including phenoxy) is 1. The molecule has 1 aliphatic rings. The van der Waals surface area contributed by atoms with Gasteiger partial charge in [-0.05, 0) is 31.9 Å². The Labute approximate surface area is 171 Å². The lowest BCUT2D eigenvalue weighted by Gasteiger charge is -2.20. The van der Waals surface area contributed by atoms with Gasteiger partial charge in [0.1, 0.15) is 0 Å². The Morgan fingerprint density at radius 3 is 2.43 bits per heavy atom. The van der Waals surface area contributed by atoms with Crippen LogP contribution in [0.15, 0.2) is 29.2 Å². The Balaban J connectivity index is 1.94. The van der Waals surface area contributed by atoms with E-state index in [0.29, 0.717) is 10.5 Å². The summed E-state index contributed by atoms with van der Waals surface area (Å²) in [6, 6.07) is 7.14. The summed E-state index contributed by atoms with van der Waals surface area (Å²) in [6.07, 6.45) is 5.75. The second-order valence-electron chi connectivity index (χ2n) is 7.32. The summed E-state index contributed by atoms with van der Waals surface area (Å²) in [7, 11) is 3.38. The Morgan fingerprint density at radius 1 is 1.14 bits per heavy atom. The molecule has 0 saturated heterocycles. The van der Waals surface area contributed by atoms with Crippen LogP contribution >= 0.6 is 11.8 Å². The number of amides is 2. The summed E-state index contributed by atoms with van der Waals surface area (Å²) in [5.74, 6) is -0.615. The molecule has 1 fully saturated rings. The summed E-state index contributed by atoms with van der Waals surface area (Å²) >= 11 is 1.29. The van der Waals surface area contributed by atoms with Crippen molar-refractivity contribution in [1.82, 2.24) is 10.2 Å². The predicted octanol–water partition coefficient (Wildman–Crippen LogP) is 3.25. The summed E-state index contributed by atoms with van der Waals surface area (Å²) in [4.78, 5) is 39.0. The van der Waals surface area contributed by atoms with Crippen molar-refractivity contribution in [2.75, 3.05) is 19.8 Å². The average Bonchev–Trinajstić information content (AvgIpc) is 2.94. The van der Waals surface area contributed by atoms with E-state index in [2.05, 4.69) is 5.32 Å². The molecule has 1 saturated carbocycles. The van der Waals surface area contributed by atoms with E-state index in [4.69, 9.17) is 4.74 Å².